The number of nitrogens with one attached hydrogen (secondary N) is 2. The summed E-state index contributed by atoms with van der Waals surface area (Å²) in [4.78, 5) is 31.6. The molecule has 4 rings (SSSR count). The number of carbonyl (C=O) groups excluding carboxylic acids is 2. The molecule has 6 nitrogen and oxygen atoms in total. The minimum atomic E-state index is -0.190. The average Bonchev–Trinajstić information content (AvgIpc) is 3.46. The second-order valence-corrected chi connectivity index (χ2v) is 10.2. The number of carbonyl (C=O) groups is 2. The van der Waals surface area contributed by atoms with Crippen molar-refractivity contribution >= 4 is 11.8 Å². The van der Waals surface area contributed by atoms with Gasteiger partial charge in [-0.15, -0.1) is 0 Å². The minimum Gasteiger partial charge on any atom is -0.352 e. The van der Waals surface area contributed by atoms with E-state index in [1.54, 1.807) is 6.20 Å². The van der Waals surface area contributed by atoms with Gasteiger partial charge < -0.3 is 10.6 Å². The van der Waals surface area contributed by atoms with E-state index in [1.165, 1.54) is 18.4 Å². The summed E-state index contributed by atoms with van der Waals surface area (Å²) in [5.74, 6) is 1.19. The third kappa shape index (κ3) is 5.16. The molecule has 2 amide bonds. The van der Waals surface area contributed by atoms with Crippen LogP contribution < -0.4 is 10.6 Å². The molecule has 6 heteroatoms. The minimum absolute atomic E-state index is 0.0145. The summed E-state index contributed by atoms with van der Waals surface area (Å²) in [5.41, 5.74) is 1.68. The van der Waals surface area contributed by atoms with Crippen LogP contribution in [-0.4, -0.2) is 52.4 Å². The molecular weight excluding hydrogens is 364 g/mol. The molecule has 0 radical (unpaired) electrons. The van der Waals surface area contributed by atoms with E-state index >= 15 is 0 Å². The fourth-order valence-corrected chi connectivity index (χ4v) is 5.00. The Morgan fingerprint density at radius 2 is 1.79 bits per heavy atom. The van der Waals surface area contributed by atoms with Gasteiger partial charge in [0, 0.05) is 36.6 Å². The van der Waals surface area contributed by atoms with Gasteiger partial charge in [0.25, 0.3) is 5.91 Å². The molecule has 1 aromatic heterocycles. The number of amides is 2. The molecule has 1 aromatic rings. The third-order valence-corrected chi connectivity index (χ3v) is 6.44. The Balaban J connectivity index is 1.27. The van der Waals surface area contributed by atoms with E-state index in [4.69, 9.17) is 0 Å². The highest BCUT2D eigenvalue weighted by Crippen LogP contribution is 2.40. The fraction of sp³-hybridized carbons (Fsp3) is 0.696. The topological polar surface area (TPSA) is 74.3 Å². The van der Waals surface area contributed by atoms with E-state index in [2.05, 4.69) is 20.5 Å². The van der Waals surface area contributed by atoms with Crippen LogP contribution in [0.5, 0.6) is 0 Å². The van der Waals surface area contributed by atoms with Crippen molar-refractivity contribution in [1.82, 2.24) is 20.5 Å². The van der Waals surface area contributed by atoms with Gasteiger partial charge in [-0.2, -0.15) is 0 Å². The van der Waals surface area contributed by atoms with Crippen LogP contribution in [0.3, 0.4) is 0 Å². The molecule has 2 bridgehead atoms. The van der Waals surface area contributed by atoms with Gasteiger partial charge in [0.2, 0.25) is 5.91 Å². The summed E-state index contributed by atoms with van der Waals surface area (Å²) in [7, 11) is 0. The van der Waals surface area contributed by atoms with E-state index in [1.807, 2.05) is 33.0 Å². The summed E-state index contributed by atoms with van der Waals surface area (Å²) in [6, 6.07) is 2.92. The van der Waals surface area contributed by atoms with Crippen molar-refractivity contribution in [3.05, 3.63) is 29.6 Å². The Bertz CT molecular complexity index is 754. The zero-order chi connectivity index (χ0) is 20.6. The van der Waals surface area contributed by atoms with Crippen LogP contribution in [-0.2, 0) is 4.79 Å². The Morgan fingerprint density at radius 3 is 2.41 bits per heavy atom. The second kappa shape index (κ2) is 8.05. The average molecular weight is 399 g/mol. The first kappa shape index (κ1) is 20.3. The lowest BCUT2D eigenvalue weighted by molar-refractivity contribution is -0.125. The number of pyridine rings is 1. The Labute approximate surface area is 173 Å². The maximum Gasteiger partial charge on any atom is 0.252 e. The van der Waals surface area contributed by atoms with Crippen LogP contribution in [0.4, 0.5) is 0 Å². The standard InChI is InChI=1S/C23H34N4O2/c1-23(2,3)26-21(28)14-27-19-6-7-20(27)9-15(8-19)11-25-22(29)18-10-17(12-24-13-18)16-4-5-16/h10,12-13,15-16,19-20H,4-9,11,14H2,1-3H3,(H,25,29)(H,26,28)/t15-,19-,20+. The number of hydrogen-bond donors (Lipinski definition) is 2. The van der Waals surface area contributed by atoms with E-state index < -0.39 is 0 Å². The van der Waals surface area contributed by atoms with E-state index in [0.717, 1.165) is 25.7 Å². The Hall–Kier alpha value is -1.95. The number of hydrogen-bond acceptors (Lipinski definition) is 4. The van der Waals surface area contributed by atoms with Crippen molar-refractivity contribution in [1.29, 1.82) is 0 Å². The summed E-state index contributed by atoms with van der Waals surface area (Å²) in [5, 5.41) is 6.21. The van der Waals surface area contributed by atoms with Gasteiger partial charge in [-0.1, -0.05) is 0 Å². The lowest BCUT2D eigenvalue weighted by Gasteiger charge is -2.39. The summed E-state index contributed by atoms with van der Waals surface area (Å²) >= 11 is 0. The summed E-state index contributed by atoms with van der Waals surface area (Å²) in [6.45, 7) is 7.26. The lowest BCUT2D eigenvalue weighted by Crippen LogP contribution is -2.52. The molecule has 3 fully saturated rings. The van der Waals surface area contributed by atoms with Gasteiger partial charge in [-0.3, -0.25) is 19.5 Å². The molecule has 3 aliphatic rings. The Kier molecular flexibility index (Phi) is 5.65. The molecule has 1 saturated carbocycles. The first-order chi connectivity index (χ1) is 13.8. The summed E-state index contributed by atoms with van der Waals surface area (Å²) in [6.07, 6.45) is 10.4. The number of aromatic nitrogens is 1. The Morgan fingerprint density at radius 1 is 1.10 bits per heavy atom. The van der Waals surface area contributed by atoms with E-state index in [-0.39, 0.29) is 17.4 Å². The van der Waals surface area contributed by atoms with Crippen LogP contribution in [0.1, 0.15) is 81.1 Å². The molecule has 0 aromatic carbocycles. The molecule has 0 spiro atoms. The second-order valence-electron chi connectivity index (χ2n) is 10.2. The van der Waals surface area contributed by atoms with Gasteiger partial charge in [-0.05, 0) is 82.8 Å². The van der Waals surface area contributed by atoms with Gasteiger partial charge in [0.15, 0.2) is 0 Å². The van der Waals surface area contributed by atoms with Gasteiger partial charge in [-0.25, -0.2) is 0 Å². The molecule has 1 aliphatic carbocycles. The number of piperidine rings is 1. The molecular formula is C23H34N4O2. The zero-order valence-electron chi connectivity index (χ0n) is 17.9. The maximum atomic E-state index is 12.6. The SMILES string of the molecule is CC(C)(C)NC(=O)CN1[C@@H]2CC[C@H]1C[C@H](CNC(=O)c1cncc(C3CC3)c1)C2. The van der Waals surface area contributed by atoms with Crippen molar-refractivity contribution in [3.63, 3.8) is 0 Å². The number of rotatable bonds is 6. The highest BCUT2D eigenvalue weighted by molar-refractivity contribution is 5.94. The number of fused-ring (bicyclic) bond motifs is 2. The van der Waals surface area contributed by atoms with Crippen LogP contribution in [0.2, 0.25) is 0 Å². The zero-order valence-corrected chi connectivity index (χ0v) is 17.9. The molecule has 3 atom stereocenters. The van der Waals surface area contributed by atoms with Gasteiger partial charge in [0.05, 0.1) is 12.1 Å². The maximum absolute atomic E-state index is 12.6. The molecule has 2 aliphatic heterocycles. The van der Waals surface area contributed by atoms with Crippen LogP contribution in [0.15, 0.2) is 18.5 Å². The van der Waals surface area contributed by atoms with Crippen molar-refractivity contribution in [2.75, 3.05) is 13.1 Å². The summed E-state index contributed by atoms with van der Waals surface area (Å²) < 4.78 is 0. The predicted molar refractivity (Wildman–Crippen MR) is 113 cm³/mol. The quantitative estimate of drug-likeness (QED) is 0.773. The smallest absolute Gasteiger partial charge is 0.252 e. The first-order valence-electron chi connectivity index (χ1n) is 11.1. The number of nitrogens with zero attached hydrogens (tertiary/aromatic N) is 2. The lowest BCUT2D eigenvalue weighted by atomic mass is 9.90. The molecule has 2 saturated heterocycles. The molecule has 2 N–H and O–H groups in total. The highest BCUT2D eigenvalue weighted by atomic mass is 16.2. The fourth-order valence-electron chi connectivity index (χ4n) is 5.00. The predicted octanol–water partition coefficient (Wildman–Crippen LogP) is 2.85. The van der Waals surface area contributed by atoms with E-state index in [0.29, 0.717) is 42.6 Å². The van der Waals surface area contributed by atoms with Crippen molar-refractivity contribution in [3.8, 4) is 0 Å². The third-order valence-electron chi connectivity index (χ3n) is 6.44. The van der Waals surface area contributed by atoms with Crippen LogP contribution >= 0.6 is 0 Å². The van der Waals surface area contributed by atoms with Crippen molar-refractivity contribution in [2.45, 2.75) is 82.8 Å². The van der Waals surface area contributed by atoms with Crippen molar-refractivity contribution < 1.29 is 9.59 Å². The highest BCUT2D eigenvalue weighted by Gasteiger charge is 2.41. The normalized spacial score (nSPS) is 26.9. The van der Waals surface area contributed by atoms with Crippen molar-refractivity contribution in [2.24, 2.45) is 5.92 Å². The van der Waals surface area contributed by atoms with E-state index in [9.17, 15) is 9.59 Å². The van der Waals surface area contributed by atoms with Crippen LogP contribution in [0, 0.1) is 5.92 Å². The molecule has 3 heterocycles. The van der Waals surface area contributed by atoms with Gasteiger partial charge >= 0.3 is 0 Å². The van der Waals surface area contributed by atoms with Gasteiger partial charge in [0.1, 0.15) is 0 Å². The first-order valence-corrected chi connectivity index (χ1v) is 11.1. The van der Waals surface area contributed by atoms with Crippen LogP contribution in [0.25, 0.3) is 0 Å². The monoisotopic (exact) mass is 398 g/mol. The molecule has 0 unspecified atom stereocenters. The molecule has 29 heavy (non-hydrogen) atoms. The molecule has 158 valence electrons. The largest absolute Gasteiger partial charge is 0.352 e.